The van der Waals surface area contributed by atoms with E-state index in [1.54, 1.807) is 7.11 Å². The van der Waals surface area contributed by atoms with E-state index in [0.717, 1.165) is 11.3 Å². The van der Waals surface area contributed by atoms with Gasteiger partial charge in [-0.2, -0.15) is 0 Å². The zero-order valence-corrected chi connectivity index (χ0v) is 11.2. The van der Waals surface area contributed by atoms with Crippen LogP contribution in [-0.4, -0.2) is 48.9 Å². The third-order valence-electron chi connectivity index (χ3n) is 3.53. The topological polar surface area (TPSA) is 59.0 Å². The normalized spacial score (nSPS) is 21.9. The van der Waals surface area contributed by atoms with Crippen LogP contribution in [0.1, 0.15) is 18.5 Å². The highest BCUT2D eigenvalue weighted by Gasteiger charge is 2.32. The van der Waals surface area contributed by atoms with Crippen LogP contribution in [-0.2, 0) is 9.53 Å². The van der Waals surface area contributed by atoms with Gasteiger partial charge in [0.1, 0.15) is 11.8 Å². The number of carbonyl (C=O) groups is 1. The second-order valence-electron chi connectivity index (χ2n) is 4.62. The minimum Gasteiger partial charge on any atom is -0.497 e. The fourth-order valence-electron chi connectivity index (χ4n) is 2.39. The second kappa shape index (κ2) is 6.04. The van der Waals surface area contributed by atoms with Gasteiger partial charge in [0.25, 0.3) is 0 Å². The summed E-state index contributed by atoms with van der Waals surface area (Å²) in [6, 6.07) is 7.15. The average molecular weight is 265 g/mol. The smallest absolute Gasteiger partial charge is 0.323 e. The van der Waals surface area contributed by atoms with Gasteiger partial charge in [-0.1, -0.05) is 12.1 Å². The molecule has 5 nitrogen and oxygen atoms in total. The molecule has 0 bridgehead atoms. The van der Waals surface area contributed by atoms with Crippen molar-refractivity contribution >= 4 is 5.97 Å². The van der Waals surface area contributed by atoms with E-state index < -0.39 is 12.0 Å². The van der Waals surface area contributed by atoms with Crippen molar-refractivity contribution in [2.45, 2.75) is 19.0 Å². The molecule has 2 atom stereocenters. The lowest BCUT2D eigenvalue weighted by Crippen LogP contribution is -2.50. The molecule has 1 fully saturated rings. The number of morpholine rings is 1. The predicted octanol–water partition coefficient (Wildman–Crippen LogP) is 1.54. The highest BCUT2D eigenvalue weighted by atomic mass is 16.5. The van der Waals surface area contributed by atoms with Gasteiger partial charge in [0.15, 0.2) is 0 Å². The van der Waals surface area contributed by atoms with Gasteiger partial charge in [-0.05, 0) is 24.6 Å². The van der Waals surface area contributed by atoms with Gasteiger partial charge in [0.05, 0.1) is 20.3 Å². The summed E-state index contributed by atoms with van der Waals surface area (Å²) in [5.74, 6) is -0.0565. The molecule has 1 aromatic rings. The summed E-state index contributed by atoms with van der Waals surface area (Å²) in [5.41, 5.74) is 1.05. The molecule has 1 N–H and O–H groups in total. The lowest BCUT2D eigenvalue weighted by atomic mass is 10.0. The van der Waals surface area contributed by atoms with Crippen LogP contribution in [0.25, 0.3) is 0 Å². The molecule has 0 aliphatic carbocycles. The summed E-state index contributed by atoms with van der Waals surface area (Å²) in [6.07, 6.45) is 0. The summed E-state index contributed by atoms with van der Waals surface area (Å²) >= 11 is 0. The molecule has 1 aliphatic heterocycles. The number of rotatable bonds is 4. The molecular formula is C14H19NO4. The number of methoxy groups -OCH3 is 1. The molecule has 0 radical (unpaired) electrons. The molecule has 5 heteroatoms. The number of aliphatic carboxylic acids is 1. The predicted molar refractivity (Wildman–Crippen MR) is 70.4 cm³/mol. The lowest BCUT2D eigenvalue weighted by Gasteiger charge is -2.37. The molecule has 1 heterocycles. The Labute approximate surface area is 112 Å². The molecular weight excluding hydrogens is 246 g/mol. The summed E-state index contributed by atoms with van der Waals surface area (Å²) in [4.78, 5) is 13.2. The Bertz CT molecular complexity index is 449. The van der Waals surface area contributed by atoms with Crippen LogP contribution in [0.5, 0.6) is 5.75 Å². The Morgan fingerprint density at radius 1 is 1.58 bits per heavy atom. The van der Waals surface area contributed by atoms with Crippen molar-refractivity contribution < 1.29 is 19.4 Å². The third-order valence-corrected chi connectivity index (χ3v) is 3.53. The number of benzene rings is 1. The molecule has 2 unspecified atom stereocenters. The molecule has 19 heavy (non-hydrogen) atoms. The molecule has 0 spiro atoms. The Balaban J connectivity index is 2.20. The maximum Gasteiger partial charge on any atom is 0.323 e. The number of nitrogens with zero attached hydrogens (tertiary/aromatic N) is 1. The number of hydrogen-bond donors (Lipinski definition) is 1. The number of hydrogen-bond acceptors (Lipinski definition) is 4. The maximum atomic E-state index is 11.3. The first kappa shape index (κ1) is 13.8. The second-order valence-corrected chi connectivity index (χ2v) is 4.62. The SMILES string of the molecule is COc1cccc(C(C)N2CCOCC2C(=O)O)c1. The Hall–Kier alpha value is -1.59. The lowest BCUT2D eigenvalue weighted by molar-refractivity contribution is -0.151. The van der Waals surface area contributed by atoms with Crippen LogP contribution < -0.4 is 4.74 Å². The van der Waals surface area contributed by atoms with Gasteiger partial charge in [-0.3, -0.25) is 9.69 Å². The first-order valence-corrected chi connectivity index (χ1v) is 6.33. The van der Waals surface area contributed by atoms with E-state index in [1.807, 2.05) is 36.1 Å². The van der Waals surface area contributed by atoms with Crippen molar-refractivity contribution in [3.05, 3.63) is 29.8 Å². The summed E-state index contributed by atoms with van der Waals surface area (Å²) in [7, 11) is 1.62. The first-order valence-electron chi connectivity index (χ1n) is 6.33. The van der Waals surface area contributed by atoms with Crippen molar-refractivity contribution in [2.75, 3.05) is 26.9 Å². The summed E-state index contributed by atoms with van der Waals surface area (Å²) in [6.45, 7) is 3.44. The number of carboxylic acid groups (broad SMARTS) is 1. The monoisotopic (exact) mass is 265 g/mol. The van der Waals surface area contributed by atoms with Gasteiger partial charge >= 0.3 is 5.97 Å². The van der Waals surface area contributed by atoms with Crippen molar-refractivity contribution in [1.29, 1.82) is 0 Å². The molecule has 104 valence electrons. The Morgan fingerprint density at radius 3 is 3.05 bits per heavy atom. The van der Waals surface area contributed by atoms with E-state index in [-0.39, 0.29) is 12.6 Å². The number of carboxylic acids is 1. The fourth-order valence-corrected chi connectivity index (χ4v) is 2.39. The van der Waals surface area contributed by atoms with Gasteiger partial charge in [-0.15, -0.1) is 0 Å². The highest BCUT2D eigenvalue weighted by Crippen LogP contribution is 2.26. The van der Waals surface area contributed by atoms with Gasteiger partial charge < -0.3 is 14.6 Å². The van der Waals surface area contributed by atoms with Crippen LogP contribution >= 0.6 is 0 Å². The van der Waals surface area contributed by atoms with Crippen molar-refractivity contribution in [2.24, 2.45) is 0 Å². The van der Waals surface area contributed by atoms with E-state index in [1.165, 1.54) is 0 Å². The minimum absolute atomic E-state index is 0.0140. The molecule has 1 aliphatic rings. The molecule has 0 aromatic heterocycles. The van der Waals surface area contributed by atoms with Crippen LogP contribution in [0.2, 0.25) is 0 Å². The molecule has 1 saturated heterocycles. The standard InChI is InChI=1S/C14H19NO4/c1-10(11-4-3-5-12(8-11)18-2)15-6-7-19-9-13(15)14(16)17/h3-5,8,10,13H,6-7,9H2,1-2H3,(H,16,17). The van der Waals surface area contributed by atoms with E-state index in [4.69, 9.17) is 9.47 Å². The van der Waals surface area contributed by atoms with Gasteiger partial charge in [0, 0.05) is 12.6 Å². The zero-order chi connectivity index (χ0) is 13.8. The van der Waals surface area contributed by atoms with Crippen LogP contribution in [0.15, 0.2) is 24.3 Å². The maximum absolute atomic E-state index is 11.3. The van der Waals surface area contributed by atoms with Crippen LogP contribution in [0, 0.1) is 0 Å². The molecule has 2 rings (SSSR count). The zero-order valence-electron chi connectivity index (χ0n) is 11.2. The van der Waals surface area contributed by atoms with Gasteiger partial charge in [0.2, 0.25) is 0 Å². The van der Waals surface area contributed by atoms with Crippen molar-refractivity contribution in [1.82, 2.24) is 4.90 Å². The molecule has 1 aromatic carbocycles. The molecule has 0 saturated carbocycles. The number of ether oxygens (including phenoxy) is 2. The highest BCUT2D eigenvalue weighted by molar-refractivity contribution is 5.73. The van der Waals surface area contributed by atoms with E-state index >= 15 is 0 Å². The third kappa shape index (κ3) is 3.05. The molecule has 0 amide bonds. The van der Waals surface area contributed by atoms with Gasteiger partial charge in [-0.25, -0.2) is 0 Å². The minimum atomic E-state index is -0.838. The quantitative estimate of drug-likeness (QED) is 0.895. The van der Waals surface area contributed by atoms with E-state index in [9.17, 15) is 9.90 Å². The fraction of sp³-hybridized carbons (Fsp3) is 0.500. The first-order chi connectivity index (χ1) is 9.13. The van der Waals surface area contributed by atoms with Crippen molar-refractivity contribution in [3.8, 4) is 5.75 Å². The van der Waals surface area contributed by atoms with Crippen molar-refractivity contribution in [3.63, 3.8) is 0 Å². The van der Waals surface area contributed by atoms with Crippen LogP contribution in [0.4, 0.5) is 0 Å². The summed E-state index contributed by atoms with van der Waals surface area (Å²) < 4.78 is 10.5. The van der Waals surface area contributed by atoms with Crippen LogP contribution in [0.3, 0.4) is 0 Å². The Kier molecular flexibility index (Phi) is 4.39. The largest absolute Gasteiger partial charge is 0.497 e. The average Bonchev–Trinajstić information content (AvgIpc) is 2.46. The van der Waals surface area contributed by atoms with E-state index in [2.05, 4.69) is 0 Å². The van der Waals surface area contributed by atoms with E-state index in [0.29, 0.717) is 13.2 Å². The Morgan fingerprint density at radius 2 is 2.37 bits per heavy atom. The summed E-state index contributed by atoms with van der Waals surface area (Å²) in [5, 5.41) is 9.26.